The van der Waals surface area contributed by atoms with Crippen molar-refractivity contribution in [2.75, 3.05) is 12.3 Å². The van der Waals surface area contributed by atoms with Gasteiger partial charge < -0.3 is 19.9 Å². The molecule has 3 aromatic rings. The van der Waals surface area contributed by atoms with Gasteiger partial charge in [0.2, 0.25) is 6.23 Å². The van der Waals surface area contributed by atoms with Crippen molar-refractivity contribution >= 4 is 17.8 Å². The normalized spacial score (nSPS) is 21.1. The van der Waals surface area contributed by atoms with Crippen LogP contribution in [0.1, 0.15) is 26.9 Å². The molecule has 3 atom stereocenters. The number of aromatic nitrogens is 2. The predicted octanol–water partition coefficient (Wildman–Crippen LogP) is 2.44. The molecule has 1 aromatic heterocycles. The quantitative estimate of drug-likeness (QED) is 0.544. The molecule has 0 spiro atoms. The van der Waals surface area contributed by atoms with Gasteiger partial charge in [0, 0.05) is 6.20 Å². The highest BCUT2D eigenvalue weighted by atomic mass is 19.3. The standard InChI is InChI=1S/C23H19F2N3O6/c24-23(25)18(34-20(30)15-9-5-2-6-10-15)16(13-32-19(29)14-7-3-1-4-8-14)33-21(23)28-12-11-17(26)27-22(28)31/h1-12,16,18,21H,13H2,(H2,26,27,31)/t16-,18+,21-/m1/s1. The Bertz CT molecular complexity index is 1240. The van der Waals surface area contributed by atoms with Gasteiger partial charge in [0.25, 0.3) is 0 Å². The number of rotatable bonds is 6. The second kappa shape index (κ2) is 9.40. The number of alkyl halides is 2. The van der Waals surface area contributed by atoms with Gasteiger partial charge in [-0.2, -0.15) is 13.8 Å². The van der Waals surface area contributed by atoms with Crippen LogP contribution in [0.25, 0.3) is 0 Å². The zero-order valence-corrected chi connectivity index (χ0v) is 17.5. The van der Waals surface area contributed by atoms with Crippen LogP contribution >= 0.6 is 0 Å². The van der Waals surface area contributed by atoms with Crippen molar-refractivity contribution in [2.45, 2.75) is 24.4 Å². The molecule has 2 heterocycles. The van der Waals surface area contributed by atoms with E-state index < -0.39 is 48.6 Å². The van der Waals surface area contributed by atoms with E-state index in [-0.39, 0.29) is 16.9 Å². The van der Waals surface area contributed by atoms with Crippen LogP contribution in [-0.2, 0) is 14.2 Å². The first-order valence-corrected chi connectivity index (χ1v) is 10.1. The summed E-state index contributed by atoms with van der Waals surface area (Å²) < 4.78 is 47.1. The molecular formula is C23H19F2N3O6. The SMILES string of the molecule is Nc1ccn([C@@H]2O[C@H](COC(=O)c3ccccc3)[C@H](OC(=O)c3ccccc3)C2(F)F)c(=O)n1. The van der Waals surface area contributed by atoms with Gasteiger partial charge in [-0.1, -0.05) is 36.4 Å². The molecule has 0 bridgehead atoms. The summed E-state index contributed by atoms with van der Waals surface area (Å²) in [6.45, 7) is -0.663. The molecule has 0 amide bonds. The zero-order chi connectivity index (χ0) is 24.3. The predicted molar refractivity (Wildman–Crippen MR) is 114 cm³/mol. The highest BCUT2D eigenvalue weighted by molar-refractivity contribution is 5.90. The smallest absolute Gasteiger partial charge is 0.351 e. The number of hydrogen-bond donors (Lipinski definition) is 1. The Hall–Kier alpha value is -4.12. The van der Waals surface area contributed by atoms with E-state index in [9.17, 15) is 14.4 Å². The number of benzene rings is 2. The third-order valence-electron chi connectivity index (χ3n) is 5.09. The van der Waals surface area contributed by atoms with Gasteiger partial charge in [-0.25, -0.2) is 14.4 Å². The lowest BCUT2D eigenvalue weighted by atomic mass is 10.1. The summed E-state index contributed by atoms with van der Waals surface area (Å²) in [4.78, 5) is 40.5. The fourth-order valence-corrected chi connectivity index (χ4v) is 3.43. The van der Waals surface area contributed by atoms with Gasteiger partial charge in [-0.15, -0.1) is 0 Å². The first-order chi connectivity index (χ1) is 16.3. The van der Waals surface area contributed by atoms with Crippen molar-refractivity contribution in [1.82, 2.24) is 9.55 Å². The van der Waals surface area contributed by atoms with E-state index in [1.807, 2.05) is 0 Å². The molecule has 2 N–H and O–H groups in total. The second-order valence-electron chi connectivity index (χ2n) is 7.40. The van der Waals surface area contributed by atoms with E-state index >= 15 is 8.78 Å². The largest absolute Gasteiger partial charge is 0.459 e. The maximum absolute atomic E-state index is 15.5. The molecule has 1 saturated heterocycles. The minimum Gasteiger partial charge on any atom is -0.459 e. The lowest BCUT2D eigenvalue weighted by molar-refractivity contribution is -0.142. The maximum atomic E-state index is 15.5. The molecule has 0 aliphatic carbocycles. The highest BCUT2D eigenvalue weighted by Gasteiger charge is 2.62. The van der Waals surface area contributed by atoms with Gasteiger partial charge in [0.1, 0.15) is 18.5 Å². The molecule has 0 unspecified atom stereocenters. The van der Waals surface area contributed by atoms with Crippen LogP contribution in [0.2, 0.25) is 0 Å². The zero-order valence-electron chi connectivity index (χ0n) is 17.5. The number of anilines is 1. The number of ether oxygens (including phenoxy) is 3. The van der Waals surface area contributed by atoms with Crippen LogP contribution in [0.3, 0.4) is 0 Å². The maximum Gasteiger partial charge on any atom is 0.351 e. The Labute approximate surface area is 191 Å². The average Bonchev–Trinajstić information content (AvgIpc) is 3.08. The fourth-order valence-electron chi connectivity index (χ4n) is 3.43. The van der Waals surface area contributed by atoms with Crippen LogP contribution in [0.5, 0.6) is 0 Å². The molecule has 1 fully saturated rings. The summed E-state index contributed by atoms with van der Waals surface area (Å²) >= 11 is 0. The first kappa shape index (κ1) is 23.1. The lowest BCUT2D eigenvalue weighted by Crippen LogP contribution is -2.44. The highest BCUT2D eigenvalue weighted by Crippen LogP contribution is 2.44. The molecule has 2 aromatic carbocycles. The van der Waals surface area contributed by atoms with E-state index in [2.05, 4.69) is 4.98 Å². The Balaban J connectivity index is 1.61. The van der Waals surface area contributed by atoms with Crippen LogP contribution in [-0.4, -0.2) is 46.2 Å². The number of esters is 2. The summed E-state index contributed by atoms with van der Waals surface area (Å²) in [6, 6.07) is 16.6. The Kier molecular flexibility index (Phi) is 6.37. The van der Waals surface area contributed by atoms with Gasteiger partial charge in [0.05, 0.1) is 11.1 Å². The monoisotopic (exact) mass is 471 g/mol. The van der Waals surface area contributed by atoms with Gasteiger partial charge in [-0.3, -0.25) is 4.57 Å². The van der Waals surface area contributed by atoms with Crippen LogP contribution in [0.15, 0.2) is 77.7 Å². The van der Waals surface area contributed by atoms with Crippen LogP contribution < -0.4 is 11.4 Å². The lowest BCUT2D eigenvalue weighted by Gasteiger charge is -2.24. The van der Waals surface area contributed by atoms with Crippen LogP contribution in [0, 0.1) is 0 Å². The first-order valence-electron chi connectivity index (χ1n) is 10.1. The Morgan fingerprint density at radius 2 is 1.59 bits per heavy atom. The Morgan fingerprint density at radius 3 is 2.18 bits per heavy atom. The minimum atomic E-state index is -3.88. The summed E-state index contributed by atoms with van der Waals surface area (Å²) in [5, 5.41) is 0. The van der Waals surface area contributed by atoms with Crippen molar-refractivity contribution in [3.8, 4) is 0 Å². The molecule has 4 rings (SSSR count). The van der Waals surface area contributed by atoms with E-state index in [0.717, 1.165) is 12.3 Å². The number of carbonyl (C=O) groups excluding carboxylic acids is 2. The van der Waals surface area contributed by atoms with Crippen molar-refractivity contribution in [3.05, 3.63) is 94.5 Å². The van der Waals surface area contributed by atoms with E-state index in [1.54, 1.807) is 36.4 Å². The molecular weight excluding hydrogens is 452 g/mol. The summed E-state index contributed by atoms with van der Waals surface area (Å²) in [7, 11) is 0. The topological polar surface area (TPSA) is 123 Å². The van der Waals surface area contributed by atoms with E-state index in [4.69, 9.17) is 19.9 Å². The van der Waals surface area contributed by atoms with Crippen molar-refractivity contribution in [3.63, 3.8) is 0 Å². The molecule has 0 radical (unpaired) electrons. The van der Waals surface area contributed by atoms with E-state index in [0.29, 0.717) is 4.57 Å². The van der Waals surface area contributed by atoms with Crippen molar-refractivity contribution in [2.24, 2.45) is 0 Å². The molecule has 1 aliphatic rings. The minimum absolute atomic E-state index is 0.0353. The summed E-state index contributed by atoms with van der Waals surface area (Å²) in [6.07, 6.45) is -4.93. The molecule has 0 saturated carbocycles. The summed E-state index contributed by atoms with van der Waals surface area (Å²) in [5.41, 5.74) is 4.58. The number of hydrogen-bond acceptors (Lipinski definition) is 8. The fraction of sp³-hybridized carbons (Fsp3) is 0.217. The molecule has 1 aliphatic heterocycles. The molecule has 34 heavy (non-hydrogen) atoms. The summed E-state index contributed by atoms with van der Waals surface area (Å²) in [5.74, 6) is -5.86. The van der Waals surface area contributed by atoms with E-state index in [1.165, 1.54) is 24.3 Å². The second-order valence-corrected chi connectivity index (χ2v) is 7.40. The third kappa shape index (κ3) is 4.64. The van der Waals surface area contributed by atoms with Gasteiger partial charge in [0.15, 0.2) is 6.10 Å². The molecule has 176 valence electrons. The van der Waals surface area contributed by atoms with Gasteiger partial charge in [-0.05, 0) is 30.3 Å². The third-order valence-corrected chi connectivity index (χ3v) is 5.09. The number of carbonyl (C=O) groups is 2. The number of nitrogens with zero attached hydrogens (tertiary/aromatic N) is 2. The number of nitrogen functional groups attached to an aromatic ring is 1. The van der Waals surface area contributed by atoms with Crippen molar-refractivity contribution < 1.29 is 32.6 Å². The Morgan fingerprint density at radius 1 is 1.00 bits per heavy atom. The van der Waals surface area contributed by atoms with Crippen molar-refractivity contribution in [1.29, 1.82) is 0 Å². The number of nitrogens with two attached hydrogens (primary N) is 1. The average molecular weight is 471 g/mol. The molecule has 9 nitrogen and oxygen atoms in total. The van der Waals surface area contributed by atoms with Crippen LogP contribution in [0.4, 0.5) is 14.6 Å². The molecule has 11 heteroatoms. The van der Waals surface area contributed by atoms with Gasteiger partial charge >= 0.3 is 23.6 Å². The number of halogens is 2.